The summed E-state index contributed by atoms with van der Waals surface area (Å²) in [6.07, 6.45) is 2.98. The monoisotopic (exact) mass is 632 g/mol. The highest BCUT2D eigenvalue weighted by atomic mass is 35.5. The minimum absolute atomic E-state index is 0.0481. The molecule has 0 unspecified atom stereocenters. The molecule has 3 rings (SSSR count). The number of carbonyl (C=O) groups excluding carboxylic acids is 2. The minimum Gasteiger partial charge on any atom is -0.488 e. The lowest BCUT2D eigenvalue weighted by atomic mass is 10.1. The second-order valence-corrected chi connectivity index (χ2v) is 13.1. The van der Waals surface area contributed by atoms with Crippen molar-refractivity contribution in [3.63, 3.8) is 0 Å². The Morgan fingerprint density at radius 1 is 1.21 bits per heavy atom. The van der Waals surface area contributed by atoms with Crippen LogP contribution in [0.4, 0.5) is 10.5 Å². The topological polar surface area (TPSA) is 180 Å². The third-order valence-corrected chi connectivity index (χ3v) is 8.12. The van der Waals surface area contributed by atoms with Gasteiger partial charge in [0.1, 0.15) is 11.7 Å². The van der Waals surface area contributed by atoms with E-state index in [0.717, 1.165) is 4.31 Å². The van der Waals surface area contributed by atoms with Crippen LogP contribution in [-0.4, -0.2) is 73.5 Å². The fraction of sp³-hybridized carbons (Fsp3) is 0.379. The van der Waals surface area contributed by atoms with Crippen LogP contribution in [0.5, 0.6) is 5.75 Å². The first-order valence-corrected chi connectivity index (χ1v) is 15.2. The van der Waals surface area contributed by atoms with E-state index in [1.807, 2.05) is 6.07 Å². The fourth-order valence-electron chi connectivity index (χ4n) is 4.29. The maximum atomic E-state index is 13.1. The molecule has 1 saturated heterocycles. The van der Waals surface area contributed by atoms with Gasteiger partial charge in [-0.15, -0.1) is 0 Å². The van der Waals surface area contributed by atoms with Gasteiger partial charge in [-0.25, -0.2) is 13.2 Å². The number of carboxylic acids is 1. The molecule has 2 aromatic carbocycles. The third-order valence-electron chi connectivity index (χ3n) is 6.20. The molecule has 43 heavy (non-hydrogen) atoms. The lowest BCUT2D eigenvalue weighted by molar-refractivity contribution is -0.134. The van der Waals surface area contributed by atoms with Gasteiger partial charge in [-0.3, -0.25) is 13.9 Å². The highest BCUT2D eigenvalue weighted by Gasteiger charge is 2.31. The number of carboxylic acid groups (broad SMARTS) is 1. The average Bonchev–Trinajstić information content (AvgIpc) is 2.90. The zero-order valence-electron chi connectivity index (χ0n) is 23.9. The van der Waals surface area contributed by atoms with Gasteiger partial charge in [0.15, 0.2) is 11.5 Å². The quantitative estimate of drug-likeness (QED) is 0.391. The van der Waals surface area contributed by atoms with Crippen LogP contribution in [0.1, 0.15) is 55.1 Å². The molecule has 2 amide bonds. The van der Waals surface area contributed by atoms with E-state index in [2.05, 4.69) is 0 Å². The lowest BCUT2D eigenvalue weighted by Gasteiger charge is -2.34. The molecule has 230 valence electrons. The molecular formula is C29H33ClN4O8S. The summed E-state index contributed by atoms with van der Waals surface area (Å²) in [6.45, 7) is 5.69. The number of rotatable bonds is 10. The second kappa shape index (κ2) is 13.8. The van der Waals surface area contributed by atoms with Crippen molar-refractivity contribution in [1.29, 1.82) is 5.26 Å². The number of ether oxygens (including phenoxy) is 2. The molecule has 0 atom stereocenters. The van der Waals surface area contributed by atoms with Gasteiger partial charge in [0, 0.05) is 25.9 Å². The van der Waals surface area contributed by atoms with Crippen molar-refractivity contribution < 1.29 is 37.4 Å². The zero-order valence-corrected chi connectivity index (χ0v) is 25.5. The number of hydrogen-bond acceptors (Lipinski definition) is 8. The summed E-state index contributed by atoms with van der Waals surface area (Å²) in [4.78, 5) is 37.8. The second-order valence-electron chi connectivity index (χ2n) is 10.8. The van der Waals surface area contributed by atoms with Gasteiger partial charge in [-0.2, -0.15) is 5.26 Å². The Labute approximate surface area is 255 Å². The van der Waals surface area contributed by atoms with Crippen LogP contribution in [0.3, 0.4) is 0 Å². The summed E-state index contributed by atoms with van der Waals surface area (Å²) in [7, 11) is -4.44. The predicted octanol–water partition coefficient (Wildman–Crippen LogP) is 4.02. The van der Waals surface area contributed by atoms with E-state index in [0.29, 0.717) is 37.1 Å². The number of primary amides is 1. The van der Waals surface area contributed by atoms with Gasteiger partial charge in [0.25, 0.3) is 5.91 Å². The van der Waals surface area contributed by atoms with Gasteiger partial charge in [-0.1, -0.05) is 35.9 Å². The number of nitriles is 1. The first kappa shape index (κ1) is 33.2. The molecule has 1 heterocycles. The zero-order chi connectivity index (χ0) is 31.9. The van der Waals surface area contributed by atoms with Crippen LogP contribution in [0.25, 0.3) is 6.08 Å². The van der Waals surface area contributed by atoms with Crippen molar-refractivity contribution in [2.24, 2.45) is 5.73 Å². The molecule has 0 aliphatic carbocycles. The van der Waals surface area contributed by atoms with Crippen LogP contribution in [-0.2, 0) is 19.6 Å². The van der Waals surface area contributed by atoms with Crippen LogP contribution < -0.4 is 14.8 Å². The smallest absolute Gasteiger partial charge is 0.410 e. The maximum Gasteiger partial charge on any atom is 0.410 e. The van der Waals surface area contributed by atoms with Crippen molar-refractivity contribution in [2.45, 2.75) is 45.3 Å². The van der Waals surface area contributed by atoms with Crippen LogP contribution in [0.15, 0.2) is 42.5 Å². The summed E-state index contributed by atoms with van der Waals surface area (Å²) in [5, 5.41) is 18.2. The minimum atomic E-state index is -4.44. The third kappa shape index (κ3) is 9.36. The summed E-state index contributed by atoms with van der Waals surface area (Å²) in [5.41, 5.74) is 5.71. The molecule has 14 heteroatoms. The first-order chi connectivity index (χ1) is 20.1. The van der Waals surface area contributed by atoms with Crippen LogP contribution in [0.2, 0.25) is 5.02 Å². The molecule has 0 radical (unpaired) electrons. The molecule has 1 aliphatic heterocycles. The van der Waals surface area contributed by atoms with Crippen molar-refractivity contribution in [2.75, 3.05) is 29.7 Å². The number of carbonyl (C=O) groups is 3. The molecule has 12 nitrogen and oxygen atoms in total. The molecule has 1 aliphatic rings. The highest BCUT2D eigenvalue weighted by Crippen LogP contribution is 2.36. The number of nitrogens with zero attached hydrogens (tertiary/aromatic N) is 3. The molecule has 0 aromatic heterocycles. The number of likely N-dealkylation sites (tertiary alicyclic amines) is 1. The molecule has 1 fully saturated rings. The van der Waals surface area contributed by atoms with Crippen molar-refractivity contribution >= 4 is 51.4 Å². The number of halogens is 1. The Bertz CT molecular complexity index is 1560. The fourth-order valence-corrected chi connectivity index (χ4v) is 5.75. The number of benzene rings is 2. The SMILES string of the molecule is CC(C)(C)OC(=O)N1CCC(Oc2c(Cl)cc(N(CC=Cc3cccc(C#N)c3)S(=O)(=O)CC(=O)O)cc2C(N)=O)CC1. The number of aliphatic carboxylic acids is 1. The van der Waals surface area contributed by atoms with Gasteiger partial charge < -0.3 is 25.2 Å². The Hall–Kier alpha value is -4.28. The van der Waals surface area contributed by atoms with E-state index in [-0.39, 0.29) is 28.6 Å². The standard InChI is InChI=1S/C29H33ClN4O8S/c1-29(2,3)42-28(38)33-12-9-22(10-13-33)41-26-23(27(32)37)15-21(16-24(26)30)34(43(39,40)18-25(35)36)11-5-8-19-6-4-7-20(14-19)17-31/h4-8,14-16,22H,9-13,18H2,1-3H3,(H2,32,37)(H,35,36). The number of anilines is 1. The van der Waals surface area contributed by atoms with Gasteiger partial charge >= 0.3 is 12.1 Å². The Morgan fingerprint density at radius 3 is 2.47 bits per heavy atom. The van der Waals surface area contributed by atoms with Crippen LogP contribution in [0, 0.1) is 11.3 Å². The van der Waals surface area contributed by atoms with E-state index in [1.54, 1.807) is 56.0 Å². The number of amides is 2. The summed E-state index contributed by atoms with van der Waals surface area (Å²) >= 11 is 6.51. The number of hydrogen-bond donors (Lipinski definition) is 2. The maximum absolute atomic E-state index is 13.1. The predicted molar refractivity (Wildman–Crippen MR) is 160 cm³/mol. The largest absolute Gasteiger partial charge is 0.488 e. The summed E-state index contributed by atoms with van der Waals surface area (Å²) < 4.78 is 38.4. The van der Waals surface area contributed by atoms with E-state index < -0.39 is 45.5 Å². The lowest BCUT2D eigenvalue weighted by Crippen LogP contribution is -2.44. The van der Waals surface area contributed by atoms with Crippen molar-refractivity contribution in [1.82, 2.24) is 4.90 Å². The van der Waals surface area contributed by atoms with Gasteiger partial charge in [0.2, 0.25) is 10.0 Å². The Kier molecular flexibility index (Phi) is 10.7. The van der Waals surface area contributed by atoms with Gasteiger partial charge in [0.05, 0.1) is 34.5 Å². The normalized spacial score (nSPS) is 14.3. The summed E-state index contributed by atoms with van der Waals surface area (Å²) in [6, 6.07) is 11.0. The molecule has 0 spiro atoms. The van der Waals surface area contributed by atoms with Crippen LogP contribution >= 0.6 is 11.6 Å². The molecule has 3 N–H and O–H groups in total. The van der Waals surface area contributed by atoms with Gasteiger partial charge in [-0.05, 0) is 50.6 Å². The summed E-state index contributed by atoms with van der Waals surface area (Å²) in [5.74, 6) is -3.78. The van der Waals surface area contributed by atoms with E-state index in [1.165, 1.54) is 18.2 Å². The number of piperidine rings is 1. The molecule has 0 saturated carbocycles. The van der Waals surface area contributed by atoms with Crippen molar-refractivity contribution in [3.05, 3.63) is 64.2 Å². The van der Waals surface area contributed by atoms with E-state index in [9.17, 15) is 27.9 Å². The number of nitrogens with two attached hydrogens (primary N) is 1. The average molecular weight is 633 g/mol. The Balaban J connectivity index is 1.88. The molecule has 2 aromatic rings. The van der Waals surface area contributed by atoms with E-state index in [4.69, 9.17) is 32.1 Å². The van der Waals surface area contributed by atoms with Crippen molar-refractivity contribution in [3.8, 4) is 11.8 Å². The highest BCUT2D eigenvalue weighted by molar-refractivity contribution is 7.93. The first-order valence-electron chi connectivity index (χ1n) is 13.3. The van der Waals surface area contributed by atoms with E-state index >= 15 is 0 Å². The Morgan fingerprint density at radius 2 is 1.88 bits per heavy atom. The molecule has 0 bridgehead atoms. The number of sulfonamides is 1. The molecular weight excluding hydrogens is 600 g/mol.